The fraction of sp³-hybridized carbons (Fsp3) is 0.800. The maximum Gasteiger partial charge on any atom is 0.356 e. The monoisotopic (exact) mass is 1090 g/mol. The van der Waals surface area contributed by atoms with Crippen molar-refractivity contribution >= 4 is 71.9 Å². The summed E-state index contributed by atoms with van der Waals surface area (Å²) in [6.45, 7) is 11.1. The Hall–Kier alpha value is -2.92. The molecule has 10 N–H and O–H groups in total. The Balaban J connectivity index is 0.000000205. The molecule has 4 aromatic heterocycles. The summed E-state index contributed by atoms with van der Waals surface area (Å²) < 4.78 is 47.9. The second-order valence-corrected chi connectivity index (χ2v) is 23.9. The highest BCUT2D eigenvalue weighted by Crippen LogP contribution is 2.44. The standard InChI is InChI=1S/C18H28ClN6O6P.C16H24ClN6O8P.C6H15N/c1-32(2,29)11(7-26)30-8-10-13(27)14(28)17(31-10)25-16-12(23-24-25)15(21-18(19)22-16)20-9-5-3-4-6-9;17-16-19-13(18-7-3-1-2-4-7)10-14(20-16)23(22-21-10)15-12(26)11(25)8(31-15)6-30-9(5-24)32(27,28)29;1-4-7(5-2)6-3/h9-11,13-14,17,26-28H,3-8H2,1-2H3,(H,20,21,22);7-9,11-12,15,24-26H,1-6H2,(H,18,19,20)(H2,27,28,29);4-6H2,1-3H3/t10-,11?,13-,14-,17-;8-,9?,11-,12-,15-;/m11./s1. The van der Waals surface area contributed by atoms with Crippen molar-refractivity contribution in [2.45, 2.75) is 145 Å². The van der Waals surface area contributed by atoms with Gasteiger partial charge in [-0.15, -0.1) is 10.2 Å². The molecule has 0 aromatic carbocycles. The smallest absolute Gasteiger partial charge is 0.356 e. The Kier molecular flexibility index (Phi) is 20.6. The van der Waals surface area contributed by atoms with Crippen molar-refractivity contribution in [2.24, 2.45) is 0 Å². The van der Waals surface area contributed by atoms with Gasteiger partial charge in [0, 0.05) is 12.1 Å². The molecule has 31 heteroatoms. The third-order valence-corrected chi connectivity index (χ3v) is 15.9. The molecule has 6 heterocycles. The van der Waals surface area contributed by atoms with Gasteiger partial charge >= 0.3 is 7.60 Å². The van der Waals surface area contributed by atoms with Crippen molar-refractivity contribution in [3.63, 3.8) is 0 Å². The van der Waals surface area contributed by atoms with Crippen molar-refractivity contribution in [2.75, 3.05) is 70.0 Å². The van der Waals surface area contributed by atoms with Crippen LogP contribution in [0.25, 0.3) is 22.3 Å². The van der Waals surface area contributed by atoms with Crippen molar-refractivity contribution in [3.8, 4) is 0 Å². The van der Waals surface area contributed by atoms with Gasteiger partial charge in [-0.25, -0.2) is 0 Å². The summed E-state index contributed by atoms with van der Waals surface area (Å²) in [7, 11) is -7.45. The van der Waals surface area contributed by atoms with Crippen molar-refractivity contribution in [3.05, 3.63) is 10.6 Å². The number of ether oxygens (including phenoxy) is 4. The van der Waals surface area contributed by atoms with Crippen LogP contribution in [0, 0.1) is 0 Å². The van der Waals surface area contributed by atoms with Gasteiger partial charge in [-0.2, -0.15) is 29.3 Å². The second-order valence-electron chi connectivity index (χ2n) is 18.0. The summed E-state index contributed by atoms with van der Waals surface area (Å²) in [4.78, 5) is 37.5. The van der Waals surface area contributed by atoms with Crippen LogP contribution in [0.5, 0.6) is 0 Å². The van der Waals surface area contributed by atoms with Gasteiger partial charge in [0.25, 0.3) is 0 Å². The van der Waals surface area contributed by atoms with E-state index in [2.05, 4.69) is 76.9 Å². The minimum atomic E-state index is -4.73. The highest BCUT2D eigenvalue weighted by molar-refractivity contribution is 7.62. The highest BCUT2D eigenvalue weighted by Gasteiger charge is 2.47. The van der Waals surface area contributed by atoms with Crippen LogP contribution < -0.4 is 10.6 Å². The zero-order valence-electron chi connectivity index (χ0n) is 40.1. The van der Waals surface area contributed by atoms with E-state index in [4.69, 9.17) is 57.0 Å². The first-order valence-electron chi connectivity index (χ1n) is 23.6. The van der Waals surface area contributed by atoms with Crippen LogP contribution in [0.2, 0.25) is 10.6 Å². The lowest BCUT2D eigenvalue weighted by Gasteiger charge is -2.22. The van der Waals surface area contributed by atoms with Gasteiger partial charge in [0.15, 0.2) is 52.3 Å². The minimum Gasteiger partial charge on any atom is -0.393 e. The average Bonchev–Trinajstić information content (AvgIpc) is 4.20. The summed E-state index contributed by atoms with van der Waals surface area (Å²) in [5, 5.41) is 83.2. The Morgan fingerprint density at radius 1 is 0.662 bits per heavy atom. The summed E-state index contributed by atoms with van der Waals surface area (Å²) in [6.07, 6.45) is -1.53. The van der Waals surface area contributed by atoms with Gasteiger partial charge in [0.1, 0.15) is 49.6 Å². The van der Waals surface area contributed by atoms with Crippen LogP contribution >= 0.6 is 37.9 Å². The molecule has 4 fully saturated rings. The van der Waals surface area contributed by atoms with Gasteiger partial charge < -0.3 is 79.5 Å². The van der Waals surface area contributed by atoms with E-state index in [1.807, 2.05) is 0 Å². The van der Waals surface area contributed by atoms with E-state index in [1.165, 1.54) is 37.6 Å². The number of nitrogens with zero attached hydrogens (tertiary/aromatic N) is 11. The molecule has 0 spiro atoms. The first-order chi connectivity index (χ1) is 33.7. The maximum absolute atomic E-state index is 12.2. The largest absolute Gasteiger partial charge is 0.393 e. The molecule has 400 valence electrons. The number of aromatic nitrogens is 10. The van der Waals surface area contributed by atoms with Crippen LogP contribution in [0.3, 0.4) is 0 Å². The van der Waals surface area contributed by atoms with Crippen LogP contribution in [0.1, 0.15) is 84.6 Å². The van der Waals surface area contributed by atoms with E-state index in [0.717, 1.165) is 56.0 Å². The fourth-order valence-corrected chi connectivity index (χ4v) is 10.2. The molecule has 27 nitrogen and oxygen atoms in total. The topological polar surface area (TPSA) is 373 Å². The van der Waals surface area contributed by atoms with Gasteiger partial charge in [0.05, 0.1) is 26.4 Å². The van der Waals surface area contributed by atoms with E-state index < -0.39 is 95.3 Å². The number of rotatable bonds is 19. The molecule has 71 heavy (non-hydrogen) atoms. The number of aliphatic hydroxyl groups is 6. The Bertz CT molecular complexity index is 2260. The average molecular weight is 1090 g/mol. The molecule has 2 saturated heterocycles. The summed E-state index contributed by atoms with van der Waals surface area (Å²) in [6, 6.07) is 0.484. The molecule has 2 aliphatic heterocycles. The van der Waals surface area contributed by atoms with E-state index in [1.54, 1.807) is 0 Å². The molecule has 4 aromatic rings. The molecule has 8 rings (SSSR count). The Labute approximate surface area is 419 Å². The molecule has 10 atom stereocenters. The lowest BCUT2D eigenvalue weighted by atomic mass is 10.1. The summed E-state index contributed by atoms with van der Waals surface area (Å²) in [5.41, 5.74) is 1.12. The molecule has 0 bridgehead atoms. The first kappa shape index (κ1) is 57.4. The predicted octanol–water partition coefficient (Wildman–Crippen LogP) is 1.52. The lowest BCUT2D eigenvalue weighted by molar-refractivity contribution is -0.0812. The number of nitrogens with one attached hydrogen (secondary N) is 2. The first-order valence-corrected chi connectivity index (χ1v) is 28.7. The number of hydrogen-bond acceptors (Lipinski definition) is 23. The van der Waals surface area contributed by atoms with E-state index in [9.17, 15) is 34.7 Å². The van der Waals surface area contributed by atoms with Crippen molar-refractivity contribution in [1.29, 1.82) is 0 Å². The summed E-state index contributed by atoms with van der Waals surface area (Å²) in [5.74, 6) is -1.81. The number of anilines is 2. The quantitative estimate of drug-likeness (QED) is 0.0470. The predicted molar refractivity (Wildman–Crippen MR) is 258 cm³/mol. The number of hydrogen-bond donors (Lipinski definition) is 10. The van der Waals surface area contributed by atoms with Crippen LogP contribution in [0.4, 0.5) is 11.6 Å². The number of aliphatic hydroxyl groups excluding tert-OH is 6. The lowest BCUT2D eigenvalue weighted by Crippen LogP contribution is -2.35. The number of fused-ring (bicyclic) bond motifs is 2. The van der Waals surface area contributed by atoms with Crippen molar-refractivity contribution < 1.29 is 68.5 Å². The fourth-order valence-electron chi connectivity index (χ4n) is 8.58. The minimum absolute atomic E-state index is 0.0121. The van der Waals surface area contributed by atoms with Crippen LogP contribution in [0.15, 0.2) is 0 Å². The molecule has 0 amide bonds. The third-order valence-electron chi connectivity index (χ3n) is 12.8. The normalized spacial score (nSPS) is 26.2. The maximum atomic E-state index is 12.2. The molecular weight excluding hydrogens is 1020 g/mol. The van der Waals surface area contributed by atoms with Gasteiger partial charge in [-0.3, -0.25) is 4.57 Å². The third kappa shape index (κ3) is 14.3. The number of halogens is 2. The zero-order valence-corrected chi connectivity index (χ0v) is 43.4. The van der Waals surface area contributed by atoms with Gasteiger partial charge in [0.2, 0.25) is 10.6 Å². The summed E-state index contributed by atoms with van der Waals surface area (Å²) >= 11 is 12.2. The molecule has 4 aliphatic rings. The SMILES string of the molecule is CCN(CC)CC.CP(C)(=O)C(CO)OC[C@H]1O[C@@H](n2nnc3c(NC4CCCC4)nc(Cl)nc32)[C@H](O)[C@@H]1O.O=P(O)(O)C(CO)OC[C@H]1O[C@@H](n2nnc3c(NC4CCCC4)nc(Cl)nc32)[C@H](O)[C@@H]1O. The van der Waals surface area contributed by atoms with E-state index in [-0.39, 0.29) is 40.6 Å². The Morgan fingerprint density at radius 3 is 1.37 bits per heavy atom. The van der Waals surface area contributed by atoms with E-state index in [0.29, 0.717) is 22.7 Å². The zero-order chi connectivity index (χ0) is 51.8. The van der Waals surface area contributed by atoms with Gasteiger partial charge in [-0.05, 0) is 81.8 Å². The Morgan fingerprint density at radius 2 is 1.04 bits per heavy atom. The van der Waals surface area contributed by atoms with Crippen LogP contribution in [-0.2, 0) is 28.1 Å². The van der Waals surface area contributed by atoms with Crippen molar-refractivity contribution in [1.82, 2.24) is 54.8 Å². The van der Waals surface area contributed by atoms with E-state index >= 15 is 0 Å². The molecule has 2 unspecified atom stereocenters. The second kappa shape index (κ2) is 25.5. The molecular formula is C40H67Cl2N13O14P2. The molecule has 0 radical (unpaired) electrons. The molecule has 2 aliphatic carbocycles. The van der Waals surface area contributed by atoms with Crippen LogP contribution in [-0.4, -0.2) is 215 Å². The van der Waals surface area contributed by atoms with Gasteiger partial charge in [-0.1, -0.05) is 56.9 Å². The molecule has 2 saturated carbocycles. The highest BCUT2D eigenvalue weighted by atomic mass is 35.5.